The first-order valence-electron chi connectivity index (χ1n) is 6.04. The molecular formula is C12H21N3O2S. The second-order valence-corrected chi connectivity index (χ2v) is 5.76. The van der Waals surface area contributed by atoms with Crippen molar-refractivity contribution in [3.05, 3.63) is 12.4 Å². The monoisotopic (exact) mass is 271 g/mol. The van der Waals surface area contributed by atoms with Gasteiger partial charge in [0.1, 0.15) is 5.54 Å². The Morgan fingerprint density at radius 3 is 2.94 bits per heavy atom. The third kappa shape index (κ3) is 4.03. The number of aromatic amines is 1. The number of esters is 1. The summed E-state index contributed by atoms with van der Waals surface area (Å²) >= 11 is 1.61. The number of thioether (sulfide) groups is 1. The summed E-state index contributed by atoms with van der Waals surface area (Å²) in [6, 6.07) is 0. The van der Waals surface area contributed by atoms with Crippen molar-refractivity contribution >= 4 is 17.7 Å². The average molecular weight is 271 g/mol. The van der Waals surface area contributed by atoms with Gasteiger partial charge in [0.25, 0.3) is 0 Å². The molecule has 18 heavy (non-hydrogen) atoms. The van der Waals surface area contributed by atoms with Gasteiger partial charge in [-0.05, 0) is 27.3 Å². The van der Waals surface area contributed by atoms with E-state index in [9.17, 15) is 4.79 Å². The third-order valence-corrected chi connectivity index (χ3v) is 3.77. The highest BCUT2D eigenvalue weighted by Gasteiger charge is 2.34. The molecule has 0 aromatic carbocycles. The maximum Gasteiger partial charge on any atom is 0.326 e. The molecule has 0 aliphatic heterocycles. The number of carbonyl (C=O) groups excluding carboxylic acids is 1. The minimum absolute atomic E-state index is 0.209. The zero-order valence-electron chi connectivity index (χ0n) is 11.3. The van der Waals surface area contributed by atoms with E-state index in [1.165, 1.54) is 0 Å². The smallest absolute Gasteiger partial charge is 0.326 e. The van der Waals surface area contributed by atoms with E-state index in [-0.39, 0.29) is 11.2 Å². The Labute approximate surface area is 112 Å². The summed E-state index contributed by atoms with van der Waals surface area (Å²) in [6.07, 6.45) is 4.18. The van der Waals surface area contributed by atoms with E-state index >= 15 is 0 Å². The van der Waals surface area contributed by atoms with E-state index in [2.05, 4.69) is 22.2 Å². The Hall–Kier alpha value is -1.01. The molecule has 2 atom stereocenters. The third-order valence-electron chi connectivity index (χ3n) is 2.76. The number of hydrogen-bond acceptors (Lipinski definition) is 5. The molecule has 102 valence electrons. The molecule has 2 N–H and O–H groups in total. The number of rotatable bonds is 7. The van der Waals surface area contributed by atoms with Crippen LogP contribution in [0.4, 0.5) is 0 Å². The van der Waals surface area contributed by atoms with Crippen molar-refractivity contribution in [3.63, 3.8) is 0 Å². The fourth-order valence-electron chi connectivity index (χ4n) is 1.70. The number of H-pyrrole nitrogens is 1. The molecule has 0 radical (unpaired) electrons. The minimum Gasteiger partial charge on any atom is -0.465 e. The van der Waals surface area contributed by atoms with Crippen molar-refractivity contribution < 1.29 is 9.53 Å². The molecule has 6 heteroatoms. The Bertz CT molecular complexity index is 369. The predicted octanol–water partition coefficient (Wildman–Crippen LogP) is 1.82. The van der Waals surface area contributed by atoms with Gasteiger partial charge in [-0.2, -0.15) is 0 Å². The van der Waals surface area contributed by atoms with Gasteiger partial charge < -0.3 is 15.0 Å². The summed E-state index contributed by atoms with van der Waals surface area (Å²) in [7, 11) is 1.78. The van der Waals surface area contributed by atoms with E-state index in [0.717, 1.165) is 5.16 Å². The van der Waals surface area contributed by atoms with Crippen LogP contribution in [0.3, 0.4) is 0 Å². The summed E-state index contributed by atoms with van der Waals surface area (Å²) in [5, 5.41) is 4.17. The highest BCUT2D eigenvalue weighted by atomic mass is 32.2. The van der Waals surface area contributed by atoms with Crippen molar-refractivity contribution in [2.75, 3.05) is 13.7 Å². The first kappa shape index (κ1) is 15.0. The van der Waals surface area contributed by atoms with Crippen molar-refractivity contribution in [3.8, 4) is 0 Å². The van der Waals surface area contributed by atoms with Crippen molar-refractivity contribution in [2.45, 2.75) is 43.1 Å². The van der Waals surface area contributed by atoms with E-state index in [1.54, 1.807) is 31.2 Å². The summed E-state index contributed by atoms with van der Waals surface area (Å²) in [4.78, 5) is 19.1. The molecule has 1 aromatic heterocycles. The fourth-order valence-corrected chi connectivity index (χ4v) is 2.76. The van der Waals surface area contributed by atoms with Crippen molar-refractivity contribution in [2.24, 2.45) is 0 Å². The van der Waals surface area contributed by atoms with Gasteiger partial charge in [0.05, 0.1) is 6.61 Å². The van der Waals surface area contributed by atoms with Crippen LogP contribution in [0, 0.1) is 0 Å². The lowest BCUT2D eigenvalue weighted by atomic mass is 9.96. The molecule has 0 saturated heterocycles. The lowest BCUT2D eigenvalue weighted by molar-refractivity contribution is -0.150. The van der Waals surface area contributed by atoms with Gasteiger partial charge in [0, 0.05) is 17.6 Å². The molecule has 2 unspecified atom stereocenters. The first-order chi connectivity index (χ1) is 8.51. The maximum absolute atomic E-state index is 11.9. The zero-order chi connectivity index (χ0) is 13.6. The molecule has 0 aliphatic carbocycles. The Morgan fingerprint density at radius 2 is 2.44 bits per heavy atom. The maximum atomic E-state index is 11.9. The van der Waals surface area contributed by atoms with E-state index in [1.807, 2.05) is 13.8 Å². The number of aromatic nitrogens is 2. The molecule has 1 rings (SSSR count). The highest BCUT2D eigenvalue weighted by Crippen LogP contribution is 2.26. The Morgan fingerprint density at radius 1 is 1.72 bits per heavy atom. The molecule has 0 amide bonds. The Balaban J connectivity index is 2.58. The molecule has 0 fully saturated rings. The summed E-state index contributed by atoms with van der Waals surface area (Å²) in [5.74, 6) is -0.209. The molecular weight excluding hydrogens is 250 g/mol. The summed E-state index contributed by atoms with van der Waals surface area (Å²) in [6.45, 7) is 6.15. The fraction of sp³-hybridized carbons (Fsp3) is 0.667. The topological polar surface area (TPSA) is 67.0 Å². The van der Waals surface area contributed by atoms with Crippen LogP contribution in [0.1, 0.15) is 27.2 Å². The van der Waals surface area contributed by atoms with Crippen LogP contribution < -0.4 is 5.32 Å². The molecule has 1 aromatic rings. The molecule has 0 saturated carbocycles. The van der Waals surface area contributed by atoms with Gasteiger partial charge in [-0.15, -0.1) is 0 Å². The minimum atomic E-state index is -0.658. The quantitative estimate of drug-likeness (QED) is 0.585. The Kier molecular flexibility index (Phi) is 5.68. The van der Waals surface area contributed by atoms with Gasteiger partial charge in [0.15, 0.2) is 5.16 Å². The van der Waals surface area contributed by atoms with Gasteiger partial charge in [0.2, 0.25) is 0 Å². The largest absolute Gasteiger partial charge is 0.465 e. The number of likely N-dealkylation sites (N-methyl/N-ethyl adjacent to an activating group) is 1. The lowest BCUT2D eigenvalue weighted by Gasteiger charge is -2.29. The zero-order valence-corrected chi connectivity index (χ0v) is 12.1. The normalized spacial score (nSPS) is 16.0. The lowest BCUT2D eigenvalue weighted by Crippen LogP contribution is -2.50. The molecule has 5 nitrogen and oxygen atoms in total. The van der Waals surface area contributed by atoms with Crippen LogP contribution in [-0.2, 0) is 9.53 Å². The second-order valence-electron chi connectivity index (χ2n) is 4.33. The van der Waals surface area contributed by atoms with E-state index in [0.29, 0.717) is 13.0 Å². The molecule has 0 bridgehead atoms. The van der Waals surface area contributed by atoms with Crippen molar-refractivity contribution in [1.82, 2.24) is 15.3 Å². The number of nitrogens with zero attached hydrogens (tertiary/aromatic N) is 1. The number of hydrogen-bond donors (Lipinski definition) is 2. The molecule has 0 spiro atoms. The van der Waals surface area contributed by atoms with Gasteiger partial charge >= 0.3 is 5.97 Å². The van der Waals surface area contributed by atoms with Gasteiger partial charge in [-0.25, -0.2) is 4.98 Å². The SMILES string of the molecule is CCOC(=O)C(C)(CC(C)Sc1ncc[nH]1)NC. The van der Waals surface area contributed by atoms with E-state index in [4.69, 9.17) is 4.74 Å². The average Bonchev–Trinajstić information content (AvgIpc) is 2.81. The number of ether oxygens (including phenoxy) is 1. The molecule has 1 heterocycles. The second kappa shape index (κ2) is 6.80. The van der Waals surface area contributed by atoms with Gasteiger partial charge in [-0.1, -0.05) is 18.7 Å². The van der Waals surface area contributed by atoms with Crippen LogP contribution in [0.15, 0.2) is 17.6 Å². The first-order valence-corrected chi connectivity index (χ1v) is 6.92. The van der Waals surface area contributed by atoms with E-state index < -0.39 is 5.54 Å². The van der Waals surface area contributed by atoms with Crippen LogP contribution in [-0.4, -0.2) is 40.4 Å². The van der Waals surface area contributed by atoms with Crippen LogP contribution in [0.2, 0.25) is 0 Å². The standard InChI is InChI=1S/C12H21N3O2S/c1-5-17-10(16)12(3,13-4)8-9(2)18-11-14-6-7-15-11/h6-7,9,13H,5,8H2,1-4H3,(H,14,15). The van der Waals surface area contributed by atoms with Crippen LogP contribution in [0.5, 0.6) is 0 Å². The predicted molar refractivity (Wildman–Crippen MR) is 72.6 cm³/mol. The summed E-state index contributed by atoms with van der Waals surface area (Å²) < 4.78 is 5.10. The van der Waals surface area contributed by atoms with Crippen molar-refractivity contribution in [1.29, 1.82) is 0 Å². The number of imidazole rings is 1. The molecule has 0 aliphatic rings. The summed E-state index contributed by atoms with van der Waals surface area (Å²) in [5.41, 5.74) is -0.658. The van der Waals surface area contributed by atoms with Crippen LogP contribution >= 0.6 is 11.8 Å². The number of nitrogens with one attached hydrogen (secondary N) is 2. The number of carbonyl (C=O) groups is 1. The van der Waals surface area contributed by atoms with Gasteiger partial charge in [-0.3, -0.25) is 4.79 Å². The van der Waals surface area contributed by atoms with Crippen LogP contribution in [0.25, 0.3) is 0 Å². The highest BCUT2D eigenvalue weighted by molar-refractivity contribution is 7.99.